The lowest BCUT2D eigenvalue weighted by atomic mass is 9.93. The van der Waals surface area contributed by atoms with Crippen LogP contribution in [0.25, 0.3) is 0 Å². The van der Waals surface area contributed by atoms with Gasteiger partial charge in [0.25, 0.3) is 0 Å². The lowest BCUT2D eigenvalue weighted by Crippen LogP contribution is -2.42. The first-order valence-corrected chi connectivity index (χ1v) is 13.2. The van der Waals surface area contributed by atoms with Gasteiger partial charge in [-0.3, -0.25) is 9.69 Å². The van der Waals surface area contributed by atoms with Crippen LogP contribution in [0, 0.1) is 0 Å². The molecule has 1 aromatic carbocycles. The van der Waals surface area contributed by atoms with Gasteiger partial charge in [0.05, 0.1) is 43.6 Å². The van der Waals surface area contributed by atoms with Crippen LogP contribution in [0.15, 0.2) is 51.6 Å². The number of halogens is 1. The number of hydrogen-bond acceptors (Lipinski definition) is 9. The van der Waals surface area contributed by atoms with E-state index in [9.17, 15) is 9.59 Å². The second kappa shape index (κ2) is 12.7. The number of amides is 1. The van der Waals surface area contributed by atoms with Crippen molar-refractivity contribution in [3.8, 4) is 0 Å². The van der Waals surface area contributed by atoms with Crippen LogP contribution >= 0.6 is 23.4 Å². The van der Waals surface area contributed by atoms with E-state index in [0.29, 0.717) is 34.6 Å². The number of carbonyl (C=O) groups excluding carboxylic acids is 2. The Morgan fingerprint density at radius 2 is 2.03 bits per heavy atom. The Kier molecular flexibility index (Phi) is 9.44. The summed E-state index contributed by atoms with van der Waals surface area (Å²) in [5.74, 6) is -0.576. The predicted molar refractivity (Wildman–Crippen MR) is 140 cm³/mol. The van der Waals surface area contributed by atoms with Crippen molar-refractivity contribution in [3.63, 3.8) is 0 Å². The minimum absolute atomic E-state index is 0.0928. The van der Waals surface area contributed by atoms with Crippen molar-refractivity contribution in [2.24, 2.45) is 4.99 Å². The monoisotopic (exact) mass is 534 g/mol. The molecule has 0 spiro atoms. The van der Waals surface area contributed by atoms with Crippen LogP contribution in [-0.2, 0) is 23.8 Å². The zero-order valence-electron chi connectivity index (χ0n) is 20.5. The molecule has 36 heavy (non-hydrogen) atoms. The quantitative estimate of drug-likeness (QED) is 0.362. The molecule has 1 amide bonds. The van der Waals surface area contributed by atoms with E-state index in [-0.39, 0.29) is 18.9 Å². The fraction of sp³-hybridized carbons (Fsp3) is 0.480. The van der Waals surface area contributed by atoms with E-state index in [2.05, 4.69) is 15.2 Å². The number of benzene rings is 1. The van der Waals surface area contributed by atoms with Crippen molar-refractivity contribution >= 4 is 40.4 Å². The maximum atomic E-state index is 13.2. The Bertz CT molecular complexity index is 1070. The lowest BCUT2D eigenvalue weighted by molar-refractivity contribution is -0.141. The van der Waals surface area contributed by atoms with E-state index in [4.69, 9.17) is 25.8 Å². The molecule has 1 fully saturated rings. The van der Waals surface area contributed by atoms with Crippen molar-refractivity contribution in [2.45, 2.75) is 19.4 Å². The number of aliphatic imine (C=N–C) groups is 1. The zero-order chi connectivity index (χ0) is 25.5. The number of allylic oxidation sites excluding steroid dienone is 1. The number of fused-ring (bicyclic) bond motifs is 1. The molecule has 0 radical (unpaired) electrons. The van der Waals surface area contributed by atoms with Crippen molar-refractivity contribution in [2.75, 3.05) is 59.7 Å². The van der Waals surface area contributed by atoms with Gasteiger partial charge >= 0.3 is 5.97 Å². The molecule has 1 atom stereocenters. The normalized spacial score (nSPS) is 20.1. The summed E-state index contributed by atoms with van der Waals surface area (Å²) in [4.78, 5) is 34.9. The number of thioether (sulfide) groups is 1. The van der Waals surface area contributed by atoms with Gasteiger partial charge in [-0.1, -0.05) is 41.6 Å². The third kappa shape index (κ3) is 6.30. The van der Waals surface area contributed by atoms with Crippen molar-refractivity contribution < 1.29 is 23.8 Å². The van der Waals surface area contributed by atoms with Gasteiger partial charge in [0.2, 0.25) is 5.91 Å². The average molecular weight is 535 g/mol. The van der Waals surface area contributed by atoms with Gasteiger partial charge < -0.3 is 24.4 Å². The highest BCUT2D eigenvalue weighted by molar-refractivity contribution is 8.16. The number of esters is 1. The second-order valence-electron chi connectivity index (χ2n) is 8.52. The minimum Gasteiger partial charge on any atom is -0.460 e. The Labute approximate surface area is 220 Å². The smallest absolute Gasteiger partial charge is 0.338 e. The molecule has 194 valence electrons. The van der Waals surface area contributed by atoms with Crippen LogP contribution in [0.3, 0.4) is 0 Å². The summed E-state index contributed by atoms with van der Waals surface area (Å²) >= 11 is 8.04. The third-order valence-electron chi connectivity index (χ3n) is 6.14. The number of morpholine rings is 1. The maximum Gasteiger partial charge on any atom is 0.338 e. The molecule has 9 nitrogen and oxygen atoms in total. The predicted octanol–water partition coefficient (Wildman–Crippen LogP) is 2.94. The molecule has 11 heteroatoms. The molecule has 3 aliphatic rings. The number of carbonyl (C=O) groups is 2. The first-order chi connectivity index (χ1) is 17.5. The largest absolute Gasteiger partial charge is 0.460 e. The number of methoxy groups -OCH3 is 1. The van der Waals surface area contributed by atoms with E-state index in [1.165, 1.54) is 11.8 Å². The van der Waals surface area contributed by atoms with Gasteiger partial charge in [-0.2, -0.15) is 0 Å². The van der Waals surface area contributed by atoms with E-state index >= 15 is 0 Å². The molecule has 0 bridgehead atoms. The minimum atomic E-state index is -0.566. The molecule has 3 heterocycles. The molecule has 0 unspecified atom stereocenters. The van der Waals surface area contributed by atoms with Gasteiger partial charge in [0, 0.05) is 44.0 Å². The van der Waals surface area contributed by atoms with Gasteiger partial charge in [-0.15, -0.1) is 0 Å². The maximum absolute atomic E-state index is 13.2. The standard InChI is InChI=1S/C25H31ClN4O5S/c1-17-22(24(32)35-14-13-33-2)23(19-5-3-4-6-20(19)26)30-18(16-36-25(30)28-17)15-21(31)27-7-8-29-9-11-34-12-10-29/h3-6,16,23H,7-15H2,1-2H3,(H,27,31)/t23-/m0/s1. The van der Waals surface area contributed by atoms with Crippen LogP contribution in [0.5, 0.6) is 0 Å². The molecular weight excluding hydrogens is 504 g/mol. The van der Waals surface area contributed by atoms with Crippen LogP contribution in [-0.4, -0.2) is 86.6 Å². The zero-order valence-corrected chi connectivity index (χ0v) is 22.1. The van der Waals surface area contributed by atoms with Crippen LogP contribution in [0.4, 0.5) is 0 Å². The van der Waals surface area contributed by atoms with Crippen molar-refractivity contribution in [3.05, 3.63) is 57.2 Å². The van der Waals surface area contributed by atoms with Gasteiger partial charge in [-0.25, -0.2) is 9.79 Å². The first-order valence-electron chi connectivity index (χ1n) is 11.9. The van der Waals surface area contributed by atoms with Gasteiger partial charge in [-0.05, 0) is 24.0 Å². The number of nitrogens with one attached hydrogen (secondary N) is 1. The number of ether oxygens (including phenoxy) is 3. The summed E-state index contributed by atoms with van der Waals surface area (Å²) in [5, 5.41) is 6.14. The Morgan fingerprint density at radius 3 is 2.78 bits per heavy atom. The Hall–Kier alpha value is -2.37. The summed E-state index contributed by atoms with van der Waals surface area (Å²) in [6, 6.07) is 6.82. The summed E-state index contributed by atoms with van der Waals surface area (Å²) in [7, 11) is 1.55. The van der Waals surface area contributed by atoms with E-state index in [1.807, 2.05) is 28.5 Å². The molecule has 3 aliphatic heterocycles. The highest BCUT2D eigenvalue weighted by Crippen LogP contribution is 2.46. The van der Waals surface area contributed by atoms with Crippen LogP contribution < -0.4 is 5.32 Å². The lowest BCUT2D eigenvalue weighted by Gasteiger charge is -2.36. The SMILES string of the molecule is COCCOC(=O)C1=C(C)N=C2SC=C(CC(=O)NCCN3CCOCC3)N2[C@H]1c1ccccc1Cl. The topological polar surface area (TPSA) is 92.7 Å². The fourth-order valence-corrected chi connectivity index (χ4v) is 5.53. The molecule has 1 N–H and O–H groups in total. The first kappa shape index (κ1) is 26.7. The third-order valence-corrected chi connectivity index (χ3v) is 7.37. The average Bonchev–Trinajstić information content (AvgIpc) is 3.26. The molecule has 0 aliphatic carbocycles. The van der Waals surface area contributed by atoms with E-state index in [1.54, 1.807) is 20.1 Å². The number of rotatable bonds is 10. The summed E-state index contributed by atoms with van der Waals surface area (Å²) < 4.78 is 15.9. The van der Waals surface area contributed by atoms with Crippen LogP contribution in [0.2, 0.25) is 5.02 Å². The Morgan fingerprint density at radius 1 is 1.25 bits per heavy atom. The van der Waals surface area contributed by atoms with Crippen molar-refractivity contribution in [1.29, 1.82) is 0 Å². The summed E-state index contributed by atoms with van der Waals surface area (Å²) in [6.45, 7) is 6.74. The highest BCUT2D eigenvalue weighted by Gasteiger charge is 2.41. The van der Waals surface area contributed by atoms with Crippen molar-refractivity contribution in [1.82, 2.24) is 15.1 Å². The van der Waals surface area contributed by atoms with Crippen LogP contribution in [0.1, 0.15) is 24.9 Å². The highest BCUT2D eigenvalue weighted by atomic mass is 35.5. The number of nitrogens with zero attached hydrogens (tertiary/aromatic N) is 3. The number of amidine groups is 1. The molecule has 1 saturated heterocycles. The van der Waals surface area contributed by atoms with Gasteiger partial charge in [0.15, 0.2) is 5.17 Å². The molecule has 0 aromatic heterocycles. The number of hydrogen-bond donors (Lipinski definition) is 1. The van der Waals surface area contributed by atoms with Gasteiger partial charge in [0.1, 0.15) is 6.61 Å². The van der Waals surface area contributed by atoms with E-state index < -0.39 is 12.0 Å². The van der Waals surface area contributed by atoms with E-state index in [0.717, 1.165) is 44.1 Å². The Balaban J connectivity index is 1.52. The summed E-state index contributed by atoms with van der Waals surface area (Å²) in [6.07, 6.45) is 0.154. The second-order valence-corrected chi connectivity index (χ2v) is 9.77. The summed E-state index contributed by atoms with van der Waals surface area (Å²) in [5.41, 5.74) is 2.45. The molecular formula is C25H31ClN4O5S. The fourth-order valence-electron chi connectivity index (χ4n) is 4.32. The molecule has 1 aromatic rings. The molecule has 0 saturated carbocycles. The molecule has 4 rings (SSSR count).